The normalized spacial score (nSPS) is 19.1. The van der Waals surface area contributed by atoms with E-state index >= 15 is 0 Å². The Hall–Kier alpha value is -0.610. The summed E-state index contributed by atoms with van der Waals surface area (Å²) in [5, 5.41) is 0. The van der Waals surface area contributed by atoms with Crippen molar-refractivity contribution in [2.75, 3.05) is 46.4 Å². The van der Waals surface area contributed by atoms with Crippen LogP contribution in [0.25, 0.3) is 0 Å². The van der Waals surface area contributed by atoms with Gasteiger partial charge in [0.25, 0.3) is 0 Å². The van der Waals surface area contributed by atoms with E-state index in [0.29, 0.717) is 5.91 Å². The van der Waals surface area contributed by atoms with E-state index < -0.39 is 0 Å². The lowest BCUT2D eigenvalue weighted by atomic mass is 9.81. The summed E-state index contributed by atoms with van der Waals surface area (Å²) in [5.41, 5.74) is 0.259. The third-order valence-electron chi connectivity index (χ3n) is 4.53. The second-order valence-corrected chi connectivity index (χ2v) is 6.78. The van der Waals surface area contributed by atoms with E-state index in [9.17, 15) is 4.79 Å². The molecule has 1 aliphatic rings. The van der Waals surface area contributed by atoms with E-state index in [1.807, 2.05) is 4.90 Å². The number of nitrogens with zero attached hydrogens (tertiary/aromatic N) is 2. The Kier molecular flexibility index (Phi) is 6.96. The Morgan fingerprint density at radius 1 is 1.25 bits per heavy atom. The minimum absolute atomic E-state index is 0.135. The lowest BCUT2D eigenvalue weighted by molar-refractivity contribution is -0.137. The third kappa shape index (κ3) is 5.41. The van der Waals surface area contributed by atoms with Crippen molar-refractivity contribution in [3.63, 3.8) is 0 Å². The smallest absolute Gasteiger partial charge is 0.225 e. The van der Waals surface area contributed by atoms with Crippen LogP contribution in [0.4, 0.5) is 0 Å². The van der Waals surface area contributed by atoms with E-state index in [0.717, 1.165) is 52.2 Å². The third-order valence-corrected chi connectivity index (χ3v) is 4.53. The molecule has 20 heavy (non-hydrogen) atoms. The minimum atomic E-state index is 0.135. The highest BCUT2D eigenvalue weighted by Gasteiger charge is 2.28. The summed E-state index contributed by atoms with van der Waals surface area (Å²) < 4.78 is 5.10. The molecule has 1 rings (SSSR count). The second kappa shape index (κ2) is 7.99. The standard InChI is InChI=1S/C16H32N2O2/c1-6-16(3,4)13-14(2)15(19)18-9-7-17(8-10-18)11-12-20-5/h14H,6-13H2,1-5H3. The van der Waals surface area contributed by atoms with Crippen LogP contribution in [0, 0.1) is 11.3 Å². The summed E-state index contributed by atoms with van der Waals surface area (Å²) in [7, 11) is 1.73. The van der Waals surface area contributed by atoms with Crippen molar-refractivity contribution < 1.29 is 9.53 Å². The summed E-state index contributed by atoms with van der Waals surface area (Å²) in [6.07, 6.45) is 2.10. The molecule has 1 atom stereocenters. The number of ether oxygens (including phenoxy) is 1. The zero-order chi connectivity index (χ0) is 15.2. The van der Waals surface area contributed by atoms with Gasteiger partial charge >= 0.3 is 0 Å². The number of piperazine rings is 1. The highest BCUT2D eigenvalue weighted by atomic mass is 16.5. The monoisotopic (exact) mass is 284 g/mol. The predicted octanol–water partition coefficient (Wildman–Crippen LogP) is 2.24. The first-order valence-corrected chi connectivity index (χ1v) is 7.89. The summed E-state index contributed by atoms with van der Waals surface area (Å²) in [6.45, 7) is 14.2. The Morgan fingerprint density at radius 2 is 1.85 bits per heavy atom. The van der Waals surface area contributed by atoms with Crippen LogP contribution in [0.15, 0.2) is 0 Å². The zero-order valence-electron chi connectivity index (χ0n) is 13.9. The maximum atomic E-state index is 12.5. The van der Waals surface area contributed by atoms with Gasteiger partial charge < -0.3 is 9.64 Å². The van der Waals surface area contributed by atoms with Gasteiger partial charge in [0.1, 0.15) is 0 Å². The topological polar surface area (TPSA) is 32.8 Å². The maximum Gasteiger partial charge on any atom is 0.225 e. The Morgan fingerprint density at radius 3 is 2.35 bits per heavy atom. The van der Waals surface area contributed by atoms with Crippen LogP contribution in [0.3, 0.4) is 0 Å². The highest BCUT2D eigenvalue weighted by molar-refractivity contribution is 5.78. The SMILES string of the molecule is CCC(C)(C)CC(C)C(=O)N1CCN(CCOC)CC1. The molecule has 0 radical (unpaired) electrons. The van der Waals surface area contributed by atoms with Gasteiger partial charge in [-0.3, -0.25) is 9.69 Å². The van der Waals surface area contributed by atoms with Gasteiger partial charge in [0, 0.05) is 45.8 Å². The van der Waals surface area contributed by atoms with Gasteiger partial charge in [0.05, 0.1) is 6.61 Å². The number of carbonyl (C=O) groups is 1. The summed E-state index contributed by atoms with van der Waals surface area (Å²) in [5.74, 6) is 0.466. The number of amides is 1. The van der Waals surface area contributed by atoms with Crippen molar-refractivity contribution in [3.05, 3.63) is 0 Å². The molecule has 0 bridgehead atoms. The molecule has 0 aromatic carbocycles. The fourth-order valence-corrected chi connectivity index (χ4v) is 2.78. The van der Waals surface area contributed by atoms with Gasteiger partial charge in [0.15, 0.2) is 0 Å². The number of rotatable bonds is 7. The molecular weight excluding hydrogens is 252 g/mol. The number of methoxy groups -OCH3 is 1. The summed E-state index contributed by atoms with van der Waals surface area (Å²) in [4.78, 5) is 16.9. The molecule has 1 amide bonds. The minimum Gasteiger partial charge on any atom is -0.383 e. The molecule has 4 heteroatoms. The van der Waals surface area contributed by atoms with Crippen LogP contribution in [0.5, 0.6) is 0 Å². The van der Waals surface area contributed by atoms with Gasteiger partial charge in [0.2, 0.25) is 5.91 Å². The molecule has 0 N–H and O–H groups in total. The molecule has 1 aliphatic heterocycles. The molecule has 0 aromatic heterocycles. The van der Waals surface area contributed by atoms with Crippen molar-refractivity contribution in [1.29, 1.82) is 0 Å². The molecule has 0 aromatic rings. The van der Waals surface area contributed by atoms with Crippen LogP contribution in [0.1, 0.15) is 40.5 Å². The van der Waals surface area contributed by atoms with Crippen LogP contribution in [-0.2, 0) is 9.53 Å². The fraction of sp³-hybridized carbons (Fsp3) is 0.938. The molecule has 1 saturated heterocycles. The van der Waals surface area contributed by atoms with Gasteiger partial charge in [-0.05, 0) is 11.8 Å². The highest BCUT2D eigenvalue weighted by Crippen LogP contribution is 2.29. The van der Waals surface area contributed by atoms with Crippen molar-refractivity contribution in [2.45, 2.75) is 40.5 Å². The first-order chi connectivity index (χ1) is 9.39. The van der Waals surface area contributed by atoms with Gasteiger partial charge in [-0.25, -0.2) is 0 Å². The lowest BCUT2D eigenvalue weighted by Crippen LogP contribution is -2.50. The summed E-state index contributed by atoms with van der Waals surface area (Å²) in [6, 6.07) is 0. The Balaban J connectivity index is 2.38. The molecule has 118 valence electrons. The average molecular weight is 284 g/mol. The van der Waals surface area contributed by atoms with E-state index in [2.05, 4.69) is 32.6 Å². The quantitative estimate of drug-likeness (QED) is 0.719. The van der Waals surface area contributed by atoms with E-state index in [4.69, 9.17) is 4.74 Å². The van der Waals surface area contributed by atoms with Crippen LogP contribution < -0.4 is 0 Å². The lowest BCUT2D eigenvalue weighted by Gasteiger charge is -2.37. The van der Waals surface area contributed by atoms with Gasteiger partial charge in [-0.2, -0.15) is 0 Å². The molecule has 1 unspecified atom stereocenters. The molecule has 0 saturated carbocycles. The number of carbonyl (C=O) groups excluding carboxylic acids is 1. The van der Waals surface area contributed by atoms with Crippen molar-refractivity contribution in [3.8, 4) is 0 Å². The van der Waals surface area contributed by atoms with E-state index in [1.165, 1.54) is 0 Å². The van der Waals surface area contributed by atoms with Crippen molar-refractivity contribution in [1.82, 2.24) is 9.80 Å². The fourth-order valence-electron chi connectivity index (χ4n) is 2.78. The van der Waals surface area contributed by atoms with Crippen molar-refractivity contribution >= 4 is 5.91 Å². The van der Waals surface area contributed by atoms with Gasteiger partial charge in [-0.1, -0.05) is 34.1 Å². The molecule has 4 nitrogen and oxygen atoms in total. The predicted molar refractivity (Wildman–Crippen MR) is 82.7 cm³/mol. The Labute approximate surface area is 124 Å². The van der Waals surface area contributed by atoms with Gasteiger partial charge in [-0.15, -0.1) is 0 Å². The first kappa shape index (κ1) is 17.4. The summed E-state index contributed by atoms with van der Waals surface area (Å²) >= 11 is 0. The maximum absolute atomic E-state index is 12.5. The van der Waals surface area contributed by atoms with E-state index in [1.54, 1.807) is 7.11 Å². The first-order valence-electron chi connectivity index (χ1n) is 7.89. The Bertz CT molecular complexity index is 297. The number of hydrogen-bond acceptors (Lipinski definition) is 3. The number of hydrogen-bond donors (Lipinski definition) is 0. The van der Waals surface area contributed by atoms with Crippen LogP contribution >= 0.6 is 0 Å². The average Bonchev–Trinajstić information content (AvgIpc) is 2.44. The largest absolute Gasteiger partial charge is 0.383 e. The van der Waals surface area contributed by atoms with Crippen LogP contribution in [0.2, 0.25) is 0 Å². The van der Waals surface area contributed by atoms with E-state index in [-0.39, 0.29) is 11.3 Å². The second-order valence-electron chi connectivity index (χ2n) is 6.78. The molecule has 0 spiro atoms. The molecule has 0 aliphatic carbocycles. The zero-order valence-corrected chi connectivity index (χ0v) is 13.9. The van der Waals surface area contributed by atoms with Crippen LogP contribution in [-0.4, -0.2) is 62.1 Å². The van der Waals surface area contributed by atoms with Crippen molar-refractivity contribution in [2.24, 2.45) is 11.3 Å². The molecular formula is C16H32N2O2. The molecule has 1 fully saturated rings. The molecule has 1 heterocycles.